The summed E-state index contributed by atoms with van der Waals surface area (Å²) in [4.78, 5) is 27.5. The molecular formula is C22H21N3O4S2. The first-order valence-corrected chi connectivity index (χ1v) is 11.1. The molecule has 0 bridgehead atoms. The fourth-order valence-corrected chi connectivity index (χ4v) is 6.41. The van der Waals surface area contributed by atoms with Gasteiger partial charge in [0.25, 0.3) is 0 Å². The number of benzene rings is 2. The molecule has 0 amide bonds. The molecule has 31 heavy (non-hydrogen) atoms. The lowest BCUT2D eigenvalue weighted by Crippen LogP contribution is -2.49. The second kappa shape index (κ2) is 8.32. The number of anilines is 2. The van der Waals surface area contributed by atoms with Crippen LogP contribution in [0.1, 0.15) is 12.5 Å². The summed E-state index contributed by atoms with van der Waals surface area (Å²) in [6.07, 6.45) is 0. The Kier molecular flexibility index (Phi) is 5.72. The standard InChI is InChI=1S/C22H21N3O4S2/c1-14-10-12-17(13-11-14)25-22(31-19(23-25)21(27)29-4)24(16-8-6-5-7-9-16)15(2)18(30-22)20(26)28-3/h5-13H,1-4H3. The zero-order valence-corrected chi connectivity index (χ0v) is 19.1. The predicted octanol–water partition coefficient (Wildman–Crippen LogP) is 4.30. The van der Waals surface area contributed by atoms with Gasteiger partial charge in [-0.3, -0.25) is 0 Å². The molecule has 7 nitrogen and oxygen atoms in total. The van der Waals surface area contributed by atoms with E-state index in [1.54, 1.807) is 5.01 Å². The molecule has 2 aliphatic rings. The topological polar surface area (TPSA) is 71.4 Å². The van der Waals surface area contributed by atoms with Crippen molar-refractivity contribution in [1.29, 1.82) is 0 Å². The average molecular weight is 456 g/mol. The van der Waals surface area contributed by atoms with E-state index < -0.39 is 16.3 Å². The molecule has 2 heterocycles. The number of carbonyl (C=O) groups is 2. The van der Waals surface area contributed by atoms with Crippen molar-refractivity contribution in [3.63, 3.8) is 0 Å². The van der Waals surface area contributed by atoms with Crippen molar-refractivity contribution in [3.05, 3.63) is 70.8 Å². The van der Waals surface area contributed by atoms with E-state index in [9.17, 15) is 9.59 Å². The van der Waals surface area contributed by atoms with E-state index >= 15 is 0 Å². The molecule has 160 valence electrons. The van der Waals surface area contributed by atoms with Crippen molar-refractivity contribution in [2.75, 3.05) is 24.1 Å². The molecule has 0 N–H and O–H groups in total. The summed E-state index contributed by atoms with van der Waals surface area (Å²) in [6.45, 7) is 3.87. The van der Waals surface area contributed by atoms with Gasteiger partial charge < -0.3 is 14.4 Å². The van der Waals surface area contributed by atoms with Gasteiger partial charge in [-0.05, 0) is 49.9 Å². The number of esters is 2. The van der Waals surface area contributed by atoms with Crippen LogP contribution in [-0.4, -0.2) is 35.5 Å². The highest BCUT2D eigenvalue weighted by atomic mass is 32.2. The molecule has 1 unspecified atom stereocenters. The summed E-state index contributed by atoms with van der Waals surface area (Å²) in [5.41, 5.74) is 3.46. The van der Waals surface area contributed by atoms with E-state index in [2.05, 4.69) is 5.10 Å². The first-order valence-electron chi connectivity index (χ1n) is 9.47. The molecule has 9 heteroatoms. The number of carbonyl (C=O) groups excluding carboxylic acids is 2. The summed E-state index contributed by atoms with van der Waals surface area (Å²) < 4.78 is 9.02. The first kappa shape index (κ1) is 21.3. The minimum absolute atomic E-state index is 0.204. The second-order valence-corrected chi connectivity index (χ2v) is 9.47. The Morgan fingerprint density at radius 2 is 1.52 bits per heavy atom. The van der Waals surface area contributed by atoms with Gasteiger partial charge in [0, 0.05) is 11.4 Å². The van der Waals surface area contributed by atoms with Gasteiger partial charge in [-0.25, -0.2) is 14.6 Å². The minimum Gasteiger partial charge on any atom is -0.465 e. The summed E-state index contributed by atoms with van der Waals surface area (Å²) >= 11 is 2.54. The first-order chi connectivity index (χ1) is 14.9. The van der Waals surface area contributed by atoms with Gasteiger partial charge in [0.1, 0.15) is 4.91 Å². The molecule has 0 fully saturated rings. The van der Waals surface area contributed by atoms with Gasteiger partial charge in [0.15, 0.2) is 0 Å². The van der Waals surface area contributed by atoms with Gasteiger partial charge in [-0.1, -0.05) is 47.7 Å². The normalized spacial score (nSPS) is 20.3. The molecule has 2 aliphatic heterocycles. The van der Waals surface area contributed by atoms with Crippen LogP contribution in [0.15, 0.2) is 70.3 Å². The highest BCUT2D eigenvalue weighted by molar-refractivity contribution is 8.29. The maximum atomic E-state index is 12.6. The summed E-state index contributed by atoms with van der Waals surface area (Å²) in [6, 6.07) is 17.5. The Hall–Kier alpha value is -2.91. The molecule has 2 aromatic rings. The van der Waals surface area contributed by atoms with Crippen molar-refractivity contribution < 1.29 is 19.1 Å². The SMILES string of the molecule is COC(=O)C1=NN(c2ccc(C)cc2)C2(S1)SC(C(=O)OC)=C(C)N2c1ccccc1. The number of nitrogens with zero attached hydrogens (tertiary/aromatic N) is 3. The Balaban J connectivity index is 1.91. The monoisotopic (exact) mass is 455 g/mol. The molecule has 0 radical (unpaired) electrons. The lowest BCUT2D eigenvalue weighted by Gasteiger charge is -2.41. The van der Waals surface area contributed by atoms with E-state index in [0.29, 0.717) is 10.6 Å². The van der Waals surface area contributed by atoms with Crippen LogP contribution >= 0.6 is 23.5 Å². The third-order valence-electron chi connectivity index (χ3n) is 4.89. The summed E-state index contributed by atoms with van der Waals surface area (Å²) in [5.74, 6) is -0.965. The van der Waals surface area contributed by atoms with Crippen molar-refractivity contribution >= 4 is 51.9 Å². The zero-order chi connectivity index (χ0) is 22.2. The molecule has 1 spiro atoms. The summed E-state index contributed by atoms with van der Waals surface area (Å²) in [5, 5.41) is 6.59. The van der Waals surface area contributed by atoms with Gasteiger partial charge in [-0.15, -0.1) is 0 Å². The fraction of sp³-hybridized carbons (Fsp3) is 0.227. The maximum absolute atomic E-state index is 12.6. The number of hydrogen-bond donors (Lipinski definition) is 0. The quantitative estimate of drug-likeness (QED) is 0.632. The smallest absolute Gasteiger partial charge is 0.365 e. The number of para-hydroxylation sites is 1. The Morgan fingerprint density at radius 3 is 2.13 bits per heavy atom. The van der Waals surface area contributed by atoms with Crippen LogP contribution in [0, 0.1) is 6.92 Å². The highest BCUT2D eigenvalue weighted by Crippen LogP contribution is 2.60. The number of allylic oxidation sites excluding steroid dienone is 1. The van der Waals surface area contributed by atoms with Crippen molar-refractivity contribution in [2.24, 2.45) is 5.10 Å². The van der Waals surface area contributed by atoms with Crippen LogP contribution in [0.3, 0.4) is 0 Å². The van der Waals surface area contributed by atoms with Crippen LogP contribution < -0.4 is 9.91 Å². The summed E-state index contributed by atoms with van der Waals surface area (Å²) in [7, 11) is 2.68. The highest BCUT2D eigenvalue weighted by Gasteiger charge is 2.58. The Bertz CT molecular complexity index is 1090. The fourth-order valence-electron chi connectivity index (χ4n) is 3.41. The molecule has 1 atom stereocenters. The van der Waals surface area contributed by atoms with Crippen LogP contribution in [-0.2, 0) is 19.1 Å². The van der Waals surface area contributed by atoms with Gasteiger partial charge >= 0.3 is 11.9 Å². The third-order valence-corrected chi connectivity index (χ3v) is 7.74. The average Bonchev–Trinajstić information content (AvgIpc) is 3.31. The number of aryl methyl sites for hydroxylation is 1. The predicted molar refractivity (Wildman–Crippen MR) is 125 cm³/mol. The number of rotatable bonds is 4. The number of hydrogen-bond acceptors (Lipinski definition) is 9. The lowest BCUT2D eigenvalue weighted by atomic mass is 10.2. The van der Waals surface area contributed by atoms with Crippen molar-refractivity contribution in [2.45, 2.75) is 18.2 Å². The Morgan fingerprint density at radius 1 is 0.871 bits per heavy atom. The maximum Gasteiger partial charge on any atom is 0.365 e. The van der Waals surface area contributed by atoms with Crippen molar-refractivity contribution in [1.82, 2.24) is 0 Å². The molecule has 0 saturated heterocycles. The number of ether oxygens (including phenoxy) is 2. The van der Waals surface area contributed by atoms with E-state index in [1.165, 1.54) is 37.7 Å². The number of thioether (sulfide) groups is 2. The second-order valence-electron chi connectivity index (χ2n) is 6.87. The van der Waals surface area contributed by atoms with Crippen molar-refractivity contribution in [3.8, 4) is 0 Å². The molecule has 0 aromatic heterocycles. The van der Waals surface area contributed by atoms with E-state index in [1.807, 2.05) is 73.3 Å². The molecule has 4 rings (SSSR count). The zero-order valence-electron chi connectivity index (χ0n) is 17.5. The van der Waals surface area contributed by atoms with E-state index in [0.717, 1.165) is 16.9 Å². The van der Waals surface area contributed by atoms with Gasteiger partial charge in [0.05, 0.1) is 19.9 Å². The van der Waals surface area contributed by atoms with Crippen LogP contribution in [0.5, 0.6) is 0 Å². The molecule has 2 aromatic carbocycles. The van der Waals surface area contributed by atoms with Crippen LogP contribution in [0.4, 0.5) is 11.4 Å². The minimum atomic E-state index is -0.978. The van der Waals surface area contributed by atoms with Gasteiger partial charge in [0.2, 0.25) is 9.37 Å². The Labute approximate surface area is 189 Å². The van der Waals surface area contributed by atoms with Gasteiger partial charge in [-0.2, -0.15) is 5.10 Å². The largest absolute Gasteiger partial charge is 0.465 e. The third kappa shape index (κ3) is 3.57. The lowest BCUT2D eigenvalue weighted by molar-refractivity contribution is -0.135. The van der Waals surface area contributed by atoms with E-state index in [-0.39, 0.29) is 5.04 Å². The number of hydrazone groups is 1. The number of methoxy groups -OCH3 is 2. The van der Waals surface area contributed by atoms with Crippen LogP contribution in [0.2, 0.25) is 0 Å². The van der Waals surface area contributed by atoms with E-state index in [4.69, 9.17) is 9.47 Å². The van der Waals surface area contributed by atoms with Crippen LogP contribution in [0.25, 0.3) is 0 Å². The molecular weight excluding hydrogens is 434 g/mol. The molecule has 0 aliphatic carbocycles. The molecule has 0 saturated carbocycles.